The molecular weight excluding hydrogens is 477 g/mol. The van der Waals surface area contributed by atoms with Gasteiger partial charge in [0.15, 0.2) is 5.82 Å². The molecule has 0 bridgehead atoms. The predicted octanol–water partition coefficient (Wildman–Crippen LogP) is 5.40. The molecule has 152 valence electrons. The van der Waals surface area contributed by atoms with Crippen molar-refractivity contribution in [3.05, 3.63) is 68.0 Å². The minimum atomic E-state index is -0.332. The zero-order valence-electron chi connectivity index (χ0n) is 16.1. The molecular formula is C20H20BrCl2N5O. The molecule has 0 radical (unpaired) electrons. The van der Waals surface area contributed by atoms with Gasteiger partial charge in [-0.2, -0.15) is 5.10 Å². The Morgan fingerprint density at radius 1 is 1.28 bits per heavy atom. The van der Waals surface area contributed by atoms with E-state index in [1.165, 1.54) is 4.68 Å². The highest BCUT2D eigenvalue weighted by Gasteiger charge is 2.20. The molecule has 0 saturated carbocycles. The number of rotatable bonds is 6. The number of anilines is 1. The Labute approximate surface area is 187 Å². The summed E-state index contributed by atoms with van der Waals surface area (Å²) in [7, 11) is 0. The summed E-state index contributed by atoms with van der Waals surface area (Å²) in [4.78, 5) is 17.4. The van der Waals surface area contributed by atoms with Gasteiger partial charge in [-0.3, -0.25) is 4.79 Å². The van der Waals surface area contributed by atoms with E-state index in [1.54, 1.807) is 24.4 Å². The fourth-order valence-corrected chi connectivity index (χ4v) is 3.70. The van der Waals surface area contributed by atoms with E-state index in [0.29, 0.717) is 44.4 Å². The number of nitrogens with one attached hydrogen (secondary N) is 2. The van der Waals surface area contributed by atoms with E-state index in [4.69, 9.17) is 23.2 Å². The number of carbonyl (C=O) groups excluding carboxylic acids is 1. The SMILES string of the molecule is Cc1cc(Cl)cc(CNC(C)C)c1NC(=O)c1cc(Br)nn1-c1ncccc1Cl. The Bertz CT molecular complexity index is 1050. The number of pyridine rings is 1. The first-order valence-electron chi connectivity index (χ1n) is 8.96. The molecule has 0 unspecified atom stereocenters. The Kier molecular flexibility index (Phi) is 6.95. The van der Waals surface area contributed by atoms with Gasteiger partial charge in [0.1, 0.15) is 10.3 Å². The number of aryl methyl sites for hydroxylation is 1. The lowest BCUT2D eigenvalue weighted by Gasteiger charge is -2.17. The van der Waals surface area contributed by atoms with Crippen LogP contribution >= 0.6 is 39.1 Å². The zero-order valence-corrected chi connectivity index (χ0v) is 19.2. The van der Waals surface area contributed by atoms with Crippen molar-refractivity contribution in [2.45, 2.75) is 33.4 Å². The number of nitrogens with zero attached hydrogens (tertiary/aromatic N) is 3. The van der Waals surface area contributed by atoms with Crippen LogP contribution in [-0.2, 0) is 6.54 Å². The van der Waals surface area contributed by atoms with Gasteiger partial charge in [0.25, 0.3) is 5.91 Å². The minimum Gasteiger partial charge on any atom is -0.320 e. The van der Waals surface area contributed by atoms with Crippen molar-refractivity contribution in [1.82, 2.24) is 20.1 Å². The number of hydrogen-bond acceptors (Lipinski definition) is 4. The summed E-state index contributed by atoms with van der Waals surface area (Å²) < 4.78 is 1.91. The van der Waals surface area contributed by atoms with Crippen LogP contribution in [0.1, 0.15) is 35.5 Å². The topological polar surface area (TPSA) is 71.8 Å². The first-order chi connectivity index (χ1) is 13.8. The fourth-order valence-electron chi connectivity index (χ4n) is 2.83. The summed E-state index contributed by atoms with van der Waals surface area (Å²) >= 11 is 15.8. The van der Waals surface area contributed by atoms with E-state index in [2.05, 4.69) is 50.5 Å². The van der Waals surface area contributed by atoms with E-state index in [9.17, 15) is 4.79 Å². The van der Waals surface area contributed by atoms with Crippen LogP contribution in [0.15, 0.2) is 41.1 Å². The third kappa shape index (κ3) is 5.17. The molecule has 29 heavy (non-hydrogen) atoms. The summed E-state index contributed by atoms with van der Waals surface area (Å²) in [6.45, 7) is 6.59. The number of hydrogen-bond donors (Lipinski definition) is 2. The quantitative estimate of drug-likeness (QED) is 0.479. The molecule has 6 nitrogen and oxygen atoms in total. The molecule has 2 aromatic heterocycles. The van der Waals surface area contributed by atoms with Crippen LogP contribution in [0.25, 0.3) is 5.82 Å². The van der Waals surface area contributed by atoms with Gasteiger partial charge in [-0.1, -0.05) is 37.0 Å². The number of aromatic nitrogens is 3. The number of halogens is 3. The van der Waals surface area contributed by atoms with Crippen LogP contribution in [0, 0.1) is 6.92 Å². The molecule has 9 heteroatoms. The highest BCUT2D eigenvalue weighted by atomic mass is 79.9. The summed E-state index contributed by atoms with van der Waals surface area (Å²) in [6.07, 6.45) is 1.59. The normalized spacial score (nSPS) is 11.1. The van der Waals surface area contributed by atoms with Crippen molar-refractivity contribution in [3.8, 4) is 5.82 Å². The van der Waals surface area contributed by atoms with Crippen molar-refractivity contribution in [2.75, 3.05) is 5.32 Å². The van der Waals surface area contributed by atoms with Gasteiger partial charge < -0.3 is 10.6 Å². The molecule has 3 aromatic rings. The van der Waals surface area contributed by atoms with Crippen LogP contribution in [0.2, 0.25) is 10.0 Å². The maximum atomic E-state index is 13.1. The molecule has 2 heterocycles. The Morgan fingerprint density at radius 3 is 2.72 bits per heavy atom. The molecule has 1 amide bonds. The van der Waals surface area contributed by atoms with E-state index in [0.717, 1.165) is 11.1 Å². The van der Waals surface area contributed by atoms with Crippen molar-refractivity contribution in [3.63, 3.8) is 0 Å². The van der Waals surface area contributed by atoms with E-state index < -0.39 is 0 Å². The molecule has 1 aromatic carbocycles. The summed E-state index contributed by atoms with van der Waals surface area (Å²) in [5.74, 6) is 0.0423. The highest BCUT2D eigenvalue weighted by Crippen LogP contribution is 2.27. The maximum absolute atomic E-state index is 13.1. The summed E-state index contributed by atoms with van der Waals surface area (Å²) in [5.41, 5.74) is 2.78. The average molecular weight is 497 g/mol. The van der Waals surface area contributed by atoms with Gasteiger partial charge in [0, 0.05) is 35.6 Å². The van der Waals surface area contributed by atoms with Gasteiger partial charge in [-0.15, -0.1) is 0 Å². The molecule has 0 atom stereocenters. The lowest BCUT2D eigenvalue weighted by molar-refractivity contribution is 0.101. The van der Waals surface area contributed by atoms with Crippen molar-refractivity contribution in [2.24, 2.45) is 0 Å². The summed E-state index contributed by atoms with van der Waals surface area (Å²) in [5, 5.41) is 11.7. The number of carbonyl (C=O) groups is 1. The smallest absolute Gasteiger partial charge is 0.274 e. The lowest BCUT2D eigenvalue weighted by atomic mass is 10.1. The lowest BCUT2D eigenvalue weighted by Crippen LogP contribution is -2.24. The Morgan fingerprint density at radius 2 is 2.03 bits per heavy atom. The maximum Gasteiger partial charge on any atom is 0.274 e. The highest BCUT2D eigenvalue weighted by molar-refractivity contribution is 9.10. The number of benzene rings is 1. The standard InChI is InChI=1S/C20H20BrCl2N5O/c1-11(2)25-10-13-8-14(22)7-12(3)18(13)26-20(29)16-9-17(21)27-28(16)19-15(23)5-4-6-24-19/h4-9,11,25H,10H2,1-3H3,(H,26,29). The first kappa shape index (κ1) is 21.8. The van der Waals surface area contributed by atoms with Crippen LogP contribution < -0.4 is 10.6 Å². The van der Waals surface area contributed by atoms with E-state index >= 15 is 0 Å². The van der Waals surface area contributed by atoms with E-state index in [-0.39, 0.29) is 5.91 Å². The third-order valence-corrected chi connectivity index (χ3v) is 5.07. The molecule has 0 spiro atoms. The van der Waals surface area contributed by atoms with Gasteiger partial charge >= 0.3 is 0 Å². The molecule has 0 aliphatic heterocycles. The van der Waals surface area contributed by atoms with Crippen molar-refractivity contribution in [1.29, 1.82) is 0 Å². The van der Waals surface area contributed by atoms with Crippen molar-refractivity contribution >= 4 is 50.7 Å². The largest absolute Gasteiger partial charge is 0.320 e. The van der Waals surface area contributed by atoms with Gasteiger partial charge in [-0.05, 0) is 58.2 Å². The van der Waals surface area contributed by atoms with Crippen molar-refractivity contribution < 1.29 is 4.79 Å². The third-order valence-electron chi connectivity index (χ3n) is 4.17. The molecule has 0 aliphatic rings. The molecule has 0 fully saturated rings. The summed E-state index contributed by atoms with van der Waals surface area (Å²) in [6, 6.07) is 9.00. The molecule has 0 aliphatic carbocycles. The minimum absolute atomic E-state index is 0.293. The Balaban J connectivity index is 1.97. The first-order valence-corrected chi connectivity index (χ1v) is 10.5. The van der Waals surface area contributed by atoms with Gasteiger partial charge in [-0.25, -0.2) is 9.67 Å². The molecule has 0 saturated heterocycles. The Hall–Kier alpha value is -1.93. The van der Waals surface area contributed by atoms with E-state index in [1.807, 2.05) is 19.1 Å². The monoisotopic (exact) mass is 495 g/mol. The number of amides is 1. The molecule has 3 rings (SSSR count). The molecule has 2 N–H and O–H groups in total. The second-order valence-electron chi connectivity index (χ2n) is 6.82. The van der Waals surface area contributed by atoms with Crippen LogP contribution in [0.4, 0.5) is 5.69 Å². The van der Waals surface area contributed by atoms with Crippen LogP contribution in [-0.4, -0.2) is 26.7 Å². The van der Waals surface area contributed by atoms with Crippen LogP contribution in [0.3, 0.4) is 0 Å². The van der Waals surface area contributed by atoms with Gasteiger partial charge in [0.05, 0.1) is 5.02 Å². The second-order valence-corrected chi connectivity index (χ2v) is 8.48. The fraction of sp³-hybridized carbons (Fsp3) is 0.250. The van der Waals surface area contributed by atoms with Gasteiger partial charge in [0.2, 0.25) is 0 Å². The average Bonchev–Trinajstić information content (AvgIpc) is 3.04. The predicted molar refractivity (Wildman–Crippen MR) is 120 cm³/mol. The second kappa shape index (κ2) is 9.26. The zero-order chi connectivity index (χ0) is 21.1. The van der Waals surface area contributed by atoms with Crippen LogP contribution in [0.5, 0.6) is 0 Å².